The first-order valence-electron chi connectivity index (χ1n) is 11.1. The van der Waals surface area contributed by atoms with E-state index in [1.807, 2.05) is 64.6 Å². The molecule has 0 unspecified atom stereocenters. The number of aryl methyl sites for hydroxylation is 1. The van der Waals surface area contributed by atoms with Gasteiger partial charge in [-0.3, -0.25) is 13.9 Å². The zero-order valence-corrected chi connectivity index (χ0v) is 18.5. The van der Waals surface area contributed by atoms with Crippen molar-refractivity contribution in [3.63, 3.8) is 0 Å². The topological polar surface area (TPSA) is 65.6 Å². The number of rotatable bonds is 2. The summed E-state index contributed by atoms with van der Waals surface area (Å²) in [5.41, 5.74) is 4.09. The summed E-state index contributed by atoms with van der Waals surface area (Å²) in [4.78, 5) is 28.7. The number of hydrogen-bond acceptors (Lipinski definition) is 4. The van der Waals surface area contributed by atoms with E-state index in [9.17, 15) is 4.79 Å². The second kappa shape index (κ2) is 7.41. The Kier molecular flexibility index (Phi) is 4.50. The molecule has 0 saturated heterocycles. The Balaban J connectivity index is 1.77. The van der Waals surface area contributed by atoms with E-state index in [1.54, 1.807) is 0 Å². The normalized spacial score (nSPS) is 15.2. The van der Waals surface area contributed by atoms with E-state index in [0.29, 0.717) is 27.2 Å². The maximum Gasteiger partial charge on any atom is 0.265 e. The highest BCUT2D eigenvalue weighted by Crippen LogP contribution is 2.32. The van der Waals surface area contributed by atoms with Crippen LogP contribution in [0.4, 0.5) is 0 Å². The van der Waals surface area contributed by atoms with Crippen molar-refractivity contribution in [3.05, 3.63) is 69.7 Å². The van der Waals surface area contributed by atoms with Gasteiger partial charge in [0.2, 0.25) is 0 Å². The summed E-state index contributed by atoms with van der Waals surface area (Å²) in [6.45, 7) is 1.92. The molecule has 3 aromatic heterocycles. The van der Waals surface area contributed by atoms with Crippen molar-refractivity contribution in [2.75, 3.05) is 0 Å². The van der Waals surface area contributed by atoms with Gasteiger partial charge < -0.3 is 0 Å². The van der Waals surface area contributed by atoms with Gasteiger partial charge in [0.05, 0.1) is 16.7 Å². The molecule has 2 aromatic carbocycles. The summed E-state index contributed by atoms with van der Waals surface area (Å²) < 4.78 is 3.80. The molecule has 7 heteroatoms. The molecule has 5 aromatic rings. The molecule has 0 spiro atoms. The van der Waals surface area contributed by atoms with E-state index in [4.69, 9.17) is 26.6 Å². The fraction of sp³-hybridized carbons (Fsp3) is 0.280. The van der Waals surface area contributed by atoms with Gasteiger partial charge >= 0.3 is 0 Å². The van der Waals surface area contributed by atoms with Gasteiger partial charge in [-0.15, -0.1) is 0 Å². The zero-order valence-electron chi connectivity index (χ0n) is 17.8. The van der Waals surface area contributed by atoms with Crippen molar-refractivity contribution in [1.82, 2.24) is 24.1 Å². The van der Waals surface area contributed by atoms with E-state index < -0.39 is 0 Å². The minimum absolute atomic E-state index is 0.0326. The van der Waals surface area contributed by atoms with Crippen LogP contribution >= 0.6 is 11.6 Å². The molecule has 0 bridgehead atoms. The molecule has 1 aliphatic rings. The second-order valence-corrected chi connectivity index (χ2v) is 8.96. The minimum atomic E-state index is -0.0326. The third-order valence-corrected chi connectivity index (χ3v) is 6.73. The molecule has 0 aliphatic heterocycles. The van der Waals surface area contributed by atoms with Crippen molar-refractivity contribution < 1.29 is 0 Å². The average Bonchev–Trinajstić information content (AvgIpc) is 3.11. The van der Waals surface area contributed by atoms with Gasteiger partial charge in [-0.05, 0) is 50.1 Å². The van der Waals surface area contributed by atoms with Crippen LogP contribution in [-0.2, 0) is 0 Å². The highest BCUT2D eigenvalue weighted by Gasteiger charge is 2.25. The highest BCUT2D eigenvalue weighted by atomic mass is 35.5. The molecule has 0 amide bonds. The standard InChI is InChI=1S/C25H22ClN5O/c1-15-27-23-21(25(32)30(15)17-9-3-2-4-10-17)22-24(29-20-13-6-5-12-19(20)28-22)31(23)18-11-7-8-16(26)14-18/h5-8,11-14,17H,2-4,9-10H2,1H3. The lowest BCUT2D eigenvalue weighted by atomic mass is 9.95. The maximum absolute atomic E-state index is 13.9. The van der Waals surface area contributed by atoms with Crippen molar-refractivity contribution in [2.45, 2.75) is 45.1 Å². The minimum Gasteiger partial charge on any atom is -0.293 e. The fourth-order valence-corrected chi connectivity index (χ4v) is 5.22. The van der Waals surface area contributed by atoms with E-state index >= 15 is 0 Å². The monoisotopic (exact) mass is 443 g/mol. The Bertz CT molecular complexity index is 1560. The van der Waals surface area contributed by atoms with Gasteiger partial charge in [0.1, 0.15) is 16.7 Å². The van der Waals surface area contributed by atoms with Crippen molar-refractivity contribution in [1.29, 1.82) is 0 Å². The number of hydrogen-bond donors (Lipinski definition) is 0. The molecule has 0 radical (unpaired) electrons. The number of benzene rings is 2. The Morgan fingerprint density at radius 1 is 0.906 bits per heavy atom. The Hall–Kier alpha value is -3.25. The van der Waals surface area contributed by atoms with Crippen molar-refractivity contribution >= 4 is 44.8 Å². The third-order valence-electron chi connectivity index (χ3n) is 6.49. The molecular formula is C25H22ClN5O. The highest BCUT2D eigenvalue weighted by molar-refractivity contribution is 6.30. The van der Waals surface area contributed by atoms with Crippen LogP contribution in [0.3, 0.4) is 0 Å². The quantitative estimate of drug-likeness (QED) is 0.348. The first-order valence-corrected chi connectivity index (χ1v) is 11.5. The summed E-state index contributed by atoms with van der Waals surface area (Å²) in [6.07, 6.45) is 5.53. The molecule has 32 heavy (non-hydrogen) atoms. The molecule has 1 aliphatic carbocycles. The van der Waals surface area contributed by atoms with E-state index in [-0.39, 0.29) is 11.6 Å². The van der Waals surface area contributed by atoms with Crippen LogP contribution in [0.1, 0.15) is 44.0 Å². The van der Waals surface area contributed by atoms with Crippen LogP contribution in [0.25, 0.3) is 38.9 Å². The predicted octanol–water partition coefficient (Wildman–Crippen LogP) is 5.75. The molecule has 1 saturated carbocycles. The lowest BCUT2D eigenvalue weighted by molar-refractivity contribution is 0.339. The van der Waals surface area contributed by atoms with Gasteiger partial charge in [-0.25, -0.2) is 15.0 Å². The van der Waals surface area contributed by atoms with Gasteiger partial charge in [-0.2, -0.15) is 0 Å². The number of nitrogens with zero attached hydrogens (tertiary/aromatic N) is 5. The molecule has 0 atom stereocenters. The zero-order chi connectivity index (χ0) is 21.8. The number of para-hydroxylation sites is 2. The molecule has 160 valence electrons. The Morgan fingerprint density at radius 2 is 1.66 bits per heavy atom. The SMILES string of the molecule is Cc1nc2c(c(=O)n1C1CCCCC1)c1nc3ccccc3nc1n2-c1cccc(Cl)c1. The van der Waals surface area contributed by atoms with Crippen LogP contribution in [0.5, 0.6) is 0 Å². The number of halogens is 1. The smallest absolute Gasteiger partial charge is 0.265 e. The van der Waals surface area contributed by atoms with Gasteiger partial charge in [0.25, 0.3) is 5.56 Å². The van der Waals surface area contributed by atoms with Crippen LogP contribution in [0, 0.1) is 6.92 Å². The number of aromatic nitrogens is 5. The van der Waals surface area contributed by atoms with Crippen LogP contribution in [-0.4, -0.2) is 24.1 Å². The van der Waals surface area contributed by atoms with Crippen molar-refractivity contribution in [3.8, 4) is 5.69 Å². The van der Waals surface area contributed by atoms with E-state index in [2.05, 4.69) is 0 Å². The first kappa shape index (κ1) is 19.4. The molecule has 6 nitrogen and oxygen atoms in total. The molecular weight excluding hydrogens is 422 g/mol. The van der Waals surface area contributed by atoms with Crippen LogP contribution in [0.2, 0.25) is 5.02 Å². The van der Waals surface area contributed by atoms with Crippen LogP contribution < -0.4 is 5.56 Å². The summed E-state index contributed by atoms with van der Waals surface area (Å²) in [7, 11) is 0. The number of fused-ring (bicyclic) bond motifs is 4. The molecule has 6 rings (SSSR count). The lowest BCUT2D eigenvalue weighted by Crippen LogP contribution is -2.29. The fourth-order valence-electron chi connectivity index (χ4n) is 5.04. The van der Waals surface area contributed by atoms with E-state index in [1.165, 1.54) is 6.42 Å². The third kappa shape index (κ3) is 2.93. The Labute approximate surface area is 189 Å². The molecule has 3 heterocycles. The summed E-state index contributed by atoms with van der Waals surface area (Å²) in [6, 6.07) is 15.4. The predicted molar refractivity (Wildman–Crippen MR) is 128 cm³/mol. The van der Waals surface area contributed by atoms with Crippen molar-refractivity contribution in [2.24, 2.45) is 0 Å². The van der Waals surface area contributed by atoms with Crippen LogP contribution in [0.15, 0.2) is 53.3 Å². The van der Waals surface area contributed by atoms with Gasteiger partial charge in [-0.1, -0.05) is 49.1 Å². The van der Waals surface area contributed by atoms with Gasteiger partial charge in [0.15, 0.2) is 11.3 Å². The van der Waals surface area contributed by atoms with Gasteiger partial charge in [0, 0.05) is 11.1 Å². The molecule has 0 N–H and O–H groups in total. The summed E-state index contributed by atoms with van der Waals surface area (Å²) in [5, 5.41) is 1.13. The Morgan fingerprint density at radius 3 is 2.41 bits per heavy atom. The molecule has 1 fully saturated rings. The van der Waals surface area contributed by atoms with E-state index in [0.717, 1.165) is 48.2 Å². The second-order valence-electron chi connectivity index (χ2n) is 8.52. The average molecular weight is 444 g/mol. The summed E-state index contributed by atoms with van der Waals surface area (Å²) in [5.74, 6) is 0.727. The summed E-state index contributed by atoms with van der Waals surface area (Å²) >= 11 is 6.31. The maximum atomic E-state index is 13.9. The lowest BCUT2D eigenvalue weighted by Gasteiger charge is -2.25. The largest absolute Gasteiger partial charge is 0.293 e. The first-order chi connectivity index (χ1) is 15.6.